The third-order valence-electron chi connectivity index (χ3n) is 2.66. The van der Waals surface area contributed by atoms with Gasteiger partial charge in [-0.1, -0.05) is 31.0 Å². The van der Waals surface area contributed by atoms with Crippen LogP contribution < -0.4 is 5.32 Å². The van der Waals surface area contributed by atoms with Crippen LogP contribution in [0.5, 0.6) is 0 Å². The second-order valence-electron chi connectivity index (χ2n) is 4.30. The lowest BCUT2D eigenvalue weighted by Gasteiger charge is -2.13. The fourth-order valence-corrected chi connectivity index (χ4v) is 2.42. The van der Waals surface area contributed by atoms with Crippen molar-refractivity contribution in [1.82, 2.24) is 5.32 Å². The van der Waals surface area contributed by atoms with Gasteiger partial charge in [0, 0.05) is 17.2 Å². The minimum absolute atomic E-state index is 0.409. The first-order valence-electron chi connectivity index (χ1n) is 6.29. The monoisotopic (exact) mass is 267 g/mol. The van der Waals surface area contributed by atoms with Gasteiger partial charge in [-0.25, -0.2) is 0 Å². The van der Waals surface area contributed by atoms with Crippen LogP contribution in [0.1, 0.15) is 25.3 Å². The van der Waals surface area contributed by atoms with Gasteiger partial charge in [-0.2, -0.15) is 0 Å². The number of aliphatic carboxylic acids is 1. The van der Waals surface area contributed by atoms with E-state index in [-0.39, 0.29) is 0 Å². The topological polar surface area (TPSA) is 49.3 Å². The van der Waals surface area contributed by atoms with Crippen LogP contribution in [-0.2, 0) is 4.79 Å². The number of hydrogen-bond donors (Lipinski definition) is 2. The fourth-order valence-electron chi connectivity index (χ4n) is 1.64. The van der Waals surface area contributed by atoms with Gasteiger partial charge in [0.15, 0.2) is 0 Å². The largest absolute Gasteiger partial charge is 0.480 e. The predicted molar refractivity (Wildman–Crippen MR) is 76.2 cm³/mol. The van der Waals surface area contributed by atoms with E-state index in [1.54, 1.807) is 11.8 Å². The third-order valence-corrected chi connectivity index (χ3v) is 3.67. The van der Waals surface area contributed by atoms with E-state index in [0.29, 0.717) is 6.42 Å². The molecule has 1 aromatic rings. The van der Waals surface area contributed by atoms with Crippen molar-refractivity contribution < 1.29 is 9.90 Å². The molecular weight excluding hydrogens is 246 g/mol. The molecule has 0 aliphatic heterocycles. The first kappa shape index (κ1) is 15.1. The summed E-state index contributed by atoms with van der Waals surface area (Å²) in [5, 5.41) is 12.1. The van der Waals surface area contributed by atoms with E-state index in [9.17, 15) is 4.79 Å². The summed E-state index contributed by atoms with van der Waals surface area (Å²) in [6.45, 7) is 4.78. The Morgan fingerprint density at radius 2 is 2.06 bits per heavy atom. The summed E-state index contributed by atoms with van der Waals surface area (Å²) in [6.07, 6.45) is 1.57. The maximum atomic E-state index is 10.9. The Labute approximate surface area is 113 Å². The Morgan fingerprint density at radius 1 is 1.39 bits per heavy atom. The highest BCUT2D eigenvalue weighted by atomic mass is 32.2. The highest BCUT2D eigenvalue weighted by molar-refractivity contribution is 7.99. The van der Waals surface area contributed by atoms with E-state index in [0.717, 1.165) is 18.7 Å². The van der Waals surface area contributed by atoms with Gasteiger partial charge in [-0.05, 0) is 25.5 Å². The van der Waals surface area contributed by atoms with Crippen molar-refractivity contribution in [1.29, 1.82) is 0 Å². The highest BCUT2D eigenvalue weighted by Crippen LogP contribution is 2.17. The van der Waals surface area contributed by atoms with E-state index in [1.165, 1.54) is 10.5 Å². The van der Waals surface area contributed by atoms with E-state index in [2.05, 4.69) is 36.5 Å². The molecule has 18 heavy (non-hydrogen) atoms. The quantitative estimate of drug-likeness (QED) is 0.561. The molecule has 4 heteroatoms. The minimum Gasteiger partial charge on any atom is -0.480 e. The molecule has 2 N–H and O–H groups in total. The molecule has 0 aromatic heterocycles. The van der Waals surface area contributed by atoms with Crippen LogP contribution in [0, 0.1) is 6.92 Å². The molecule has 1 atom stereocenters. The summed E-state index contributed by atoms with van der Waals surface area (Å²) in [6, 6.07) is 7.97. The molecule has 0 saturated heterocycles. The number of aryl methyl sites for hydroxylation is 1. The van der Waals surface area contributed by atoms with E-state index >= 15 is 0 Å². The molecule has 0 bridgehead atoms. The zero-order chi connectivity index (χ0) is 13.4. The maximum Gasteiger partial charge on any atom is 0.320 e. The summed E-state index contributed by atoms with van der Waals surface area (Å²) in [4.78, 5) is 12.1. The Balaban J connectivity index is 2.25. The first-order chi connectivity index (χ1) is 8.63. The summed E-state index contributed by atoms with van der Waals surface area (Å²) in [7, 11) is 0. The molecule has 100 valence electrons. The van der Waals surface area contributed by atoms with Crippen LogP contribution >= 0.6 is 11.8 Å². The SMILES string of the molecule is CCCC(NCCSc1ccc(C)cc1)C(=O)O. The zero-order valence-corrected chi connectivity index (χ0v) is 11.8. The Bertz CT molecular complexity index is 365. The number of nitrogens with one attached hydrogen (secondary N) is 1. The summed E-state index contributed by atoms with van der Waals surface area (Å²) < 4.78 is 0. The van der Waals surface area contributed by atoms with Crippen LogP contribution in [0.15, 0.2) is 29.2 Å². The minimum atomic E-state index is -0.753. The molecule has 0 amide bonds. The number of carboxylic acids is 1. The number of carboxylic acid groups (broad SMARTS) is 1. The van der Waals surface area contributed by atoms with Gasteiger partial charge in [-0.3, -0.25) is 4.79 Å². The lowest BCUT2D eigenvalue weighted by molar-refractivity contribution is -0.139. The van der Waals surface area contributed by atoms with Gasteiger partial charge < -0.3 is 10.4 Å². The molecule has 3 nitrogen and oxygen atoms in total. The molecule has 0 saturated carbocycles. The molecule has 0 radical (unpaired) electrons. The third kappa shape index (κ3) is 5.56. The standard InChI is InChI=1S/C14H21NO2S/c1-3-4-13(14(16)17)15-9-10-18-12-7-5-11(2)6-8-12/h5-8,13,15H,3-4,9-10H2,1-2H3,(H,16,17). The average Bonchev–Trinajstić information content (AvgIpc) is 2.35. The Kier molecular flexibility index (Phi) is 6.83. The van der Waals surface area contributed by atoms with Crippen LogP contribution in [0.4, 0.5) is 0 Å². The van der Waals surface area contributed by atoms with Gasteiger partial charge in [0.1, 0.15) is 6.04 Å². The van der Waals surface area contributed by atoms with Crippen LogP contribution in [0.3, 0.4) is 0 Å². The second-order valence-corrected chi connectivity index (χ2v) is 5.46. The molecule has 1 aromatic carbocycles. The summed E-state index contributed by atoms with van der Waals surface area (Å²) >= 11 is 1.75. The summed E-state index contributed by atoms with van der Waals surface area (Å²) in [5.41, 5.74) is 1.26. The van der Waals surface area contributed by atoms with Crippen molar-refractivity contribution >= 4 is 17.7 Å². The van der Waals surface area contributed by atoms with Crippen molar-refractivity contribution in [3.63, 3.8) is 0 Å². The second kappa shape index (κ2) is 8.16. The number of hydrogen-bond acceptors (Lipinski definition) is 3. The molecule has 1 rings (SSSR count). The molecule has 1 unspecified atom stereocenters. The van der Waals surface area contributed by atoms with Crippen molar-refractivity contribution in [2.75, 3.05) is 12.3 Å². The number of rotatable bonds is 8. The van der Waals surface area contributed by atoms with Crippen molar-refractivity contribution in [3.05, 3.63) is 29.8 Å². The van der Waals surface area contributed by atoms with Gasteiger partial charge in [0.25, 0.3) is 0 Å². The van der Waals surface area contributed by atoms with Gasteiger partial charge in [0.05, 0.1) is 0 Å². The first-order valence-corrected chi connectivity index (χ1v) is 7.27. The van der Waals surface area contributed by atoms with E-state index < -0.39 is 12.0 Å². The van der Waals surface area contributed by atoms with Crippen molar-refractivity contribution in [2.45, 2.75) is 37.6 Å². The normalized spacial score (nSPS) is 12.3. The van der Waals surface area contributed by atoms with Crippen LogP contribution in [0.2, 0.25) is 0 Å². The predicted octanol–water partition coefficient (Wildman–Crippen LogP) is 2.93. The highest BCUT2D eigenvalue weighted by Gasteiger charge is 2.14. The number of benzene rings is 1. The van der Waals surface area contributed by atoms with E-state index in [4.69, 9.17) is 5.11 Å². The lowest BCUT2D eigenvalue weighted by atomic mass is 10.2. The van der Waals surface area contributed by atoms with Gasteiger partial charge in [0.2, 0.25) is 0 Å². The molecule has 0 spiro atoms. The average molecular weight is 267 g/mol. The van der Waals surface area contributed by atoms with Gasteiger partial charge in [-0.15, -0.1) is 11.8 Å². The smallest absolute Gasteiger partial charge is 0.320 e. The Morgan fingerprint density at radius 3 is 2.61 bits per heavy atom. The Hall–Kier alpha value is -1.00. The molecule has 0 aliphatic rings. The van der Waals surface area contributed by atoms with Crippen molar-refractivity contribution in [2.24, 2.45) is 0 Å². The molecular formula is C14H21NO2S. The lowest BCUT2D eigenvalue weighted by Crippen LogP contribution is -2.37. The van der Waals surface area contributed by atoms with Crippen molar-refractivity contribution in [3.8, 4) is 0 Å². The zero-order valence-electron chi connectivity index (χ0n) is 11.0. The molecule has 0 fully saturated rings. The number of thioether (sulfide) groups is 1. The maximum absolute atomic E-state index is 10.9. The molecule has 0 heterocycles. The van der Waals surface area contributed by atoms with E-state index in [1.807, 2.05) is 6.92 Å². The van der Waals surface area contributed by atoms with Crippen LogP contribution in [0.25, 0.3) is 0 Å². The summed E-state index contributed by atoms with van der Waals surface area (Å²) in [5.74, 6) is 0.133. The van der Waals surface area contributed by atoms with Gasteiger partial charge >= 0.3 is 5.97 Å². The van der Waals surface area contributed by atoms with Crippen LogP contribution in [-0.4, -0.2) is 29.4 Å². The fraction of sp³-hybridized carbons (Fsp3) is 0.500. The molecule has 0 aliphatic carbocycles. The number of carbonyl (C=O) groups is 1.